The Morgan fingerprint density at radius 2 is 1.75 bits per heavy atom. The quantitative estimate of drug-likeness (QED) is 0.728. The molecule has 5 heteroatoms. The zero-order valence-electron chi connectivity index (χ0n) is 17.3. The van der Waals surface area contributed by atoms with Gasteiger partial charge in [0.2, 0.25) is 0 Å². The average molecular weight is 383 g/mol. The van der Waals surface area contributed by atoms with Crippen molar-refractivity contribution >= 4 is 11.9 Å². The molecule has 1 aliphatic heterocycles. The Labute approximate surface area is 167 Å². The summed E-state index contributed by atoms with van der Waals surface area (Å²) in [5.41, 5.74) is 3.76. The van der Waals surface area contributed by atoms with Crippen LogP contribution in [-0.4, -0.2) is 41.0 Å². The van der Waals surface area contributed by atoms with Crippen molar-refractivity contribution in [2.45, 2.75) is 47.1 Å². The van der Waals surface area contributed by atoms with Crippen LogP contribution in [0.4, 0.5) is 0 Å². The van der Waals surface area contributed by atoms with E-state index in [1.54, 1.807) is 6.92 Å². The number of aromatic nitrogens is 1. The number of carbonyl (C=O) groups excluding carboxylic acids is 2. The van der Waals surface area contributed by atoms with E-state index in [0.717, 1.165) is 42.8 Å². The van der Waals surface area contributed by atoms with E-state index >= 15 is 0 Å². The predicted octanol–water partition coefficient (Wildman–Crippen LogP) is 4.20. The van der Waals surface area contributed by atoms with Gasteiger partial charge in [-0.2, -0.15) is 0 Å². The number of esters is 1. The van der Waals surface area contributed by atoms with Crippen LogP contribution < -0.4 is 0 Å². The van der Waals surface area contributed by atoms with Crippen molar-refractivity contribution in [3.05, 3.63) is 58.4 Å². The summed E-state index contributed by atoms with van der Waals surface area (Å²) in [6.45, 7) is 10.2. The van der Waals surface area contributed by atoms with E-state index in [9.17, 15) is 9.59 Å². The summed E-state index contributed by atoms with van der Waals surface area (Å²) in [7, 11) is 0. The Bertz CT molecular complexity index is 846. The normalized spacial score (nSPS) is 14.9. The fourth-order valence-electron chi connectivity index (χ4n) is 4.01. The summed E-state index contributed by atoms with van der Waals surface area (Å²) in [5, 5.41) is 0. The fraction of sp³-hybridized carbons (Fsp3) is 0.478. The van der Waals surface area contributed by atoms with Crippen LogP contribution in [0.3, 0.4) is 0 Å². The van der Waals surface area contributed by atoms with E-state index in [2.05, 4.69) is 6.92 Å². The standard InChI is InChI=1S/C23H30N2O3/c1-5-28-23(27)21-17(3)20(22(26)24-13-11-16(2)12-14-24)18(4)25(21)15-19-9-7-6-8-10-19/h6-10,16H,5,11-15H2,1-4H3. The molecule has 0 aliphatic carbocycles. The fourth-order valence-corrected chi connectivity index (χ4v) is 4.01. The second kappa shape index (κ2) is 8.63. The molecular formula is C23H30N2O3. The van der Waals surface area contributed by atoms with Crippen LogP contribution >= 0.6 is 0 Å². The Morgan fingerprint density at radius 3 is 2.36 bits per heavy atom. The number of ether oxygens (including phenoxy) is 1. The van der Waals surface area contributed by atoms with Crippen molar-refractivity contribution in [1.82, 2.24) is 9.47 Å². The molecule has 1 saturated heterocycles. The van der Waals surface area contributed by atoms with Gasteiger partial charge in [-0.15, -0.1) is 0 Å². The highest BCUT2D eigenvalue weighted by atomic mass is 16.5. The molecule has 0 unspecified atom stereocenters. The molecule has 150 valence electrons. The number of piperidine rings is 1. The lowest BCUT2D eigenvalue weighted by Gasteiger charge is -2.30. The van der Waals surface area contributed by atoms with Crippen molar-refractivity contribution in [1.29, 1.82) is 0 Å². The van der Waals surface area contributed by atoms with E-state index in [1.807, 2.05) is 53.6 Å². The minimum Gasteiger partial charge on any atom is -0.461 e. The van der Waals surface area contributed by atoms with Gasteiger partial charge < -0.3 is 14.2 Å². The smallest absolute Gasteiger partial charge is 0.355 e. The maximum atomic E-state index is 13.3. The van der Waals surface area contributed by atoms with Crippen molar-refractivity contribution in [2.75, 3.05) is 19.7 Å². The number of benzene rings is 1. The molecule has 3 rings (SSSR count). The van der Waals surface area contributed by atoms with Crippen LogP contribution in [0.25, 0.3) is 0 Å². The van der Waals surface area contributed by atoms with Gasteiger partial charge in [0.1, 0.15) is 5.69 Å². The number of hydrogen-bond acceptors (Lipinski definition) is 3. The number of nitrogens with zero attached hydrogens (tertiary/aromatic N) is 2. The lowest BCUT2D eigenvalue weighted by Crippen LogP contribution is -2.38. The number of amides is 1. The third-order valence-electron chi connectivity index (χ3n) is 5.70. The van der Waals surface area contributed by atoms with Gasteiger partial charge in [-0.3, -0.25) is 4.79 Å². The molecule has 1 fully saturated rings. The molecular weight excluding hydrogens is 352 g/mol. The van der Waals surface area contributed by atoms with Gasteiger partial charge in [0.25, 0.3) is 5.91 Å². The van der Waals surface area contributed by atoms with Crippen molar-refractivity contribution in [3.63, 3.8) is 0 Å². The third-order valence-corrected chi connectivity index (χ3v) is 5.70. The van der Waals surface area contributed by atoms with Crippen LogP contribution in [0.1, 0.15) is 64.4 Å². The Morgan fingerprint density at radius 1 is 1.11 bits per heavy atom. The second-order valence-corrected chi connectivity index (χ2v) is 7.70. The molecule has 0 bridgehead atoms. The third kappa shape index (κ3) is 3.98. The van der Waals surface area contributed by atoms with Crippen molar-refractivity contribution < 1.29 is 14.3 Å². The molecule has 1 aromatic heterocycles. The van der Waals surface area contributed by atoms with Crippen LogP contribution in [-0.2, 0) is 11.3 Å². The summed E-state index contributed by atoms with van der Waals surface area (Å²) < 4.78 is 7.24. The second-order valence-electron chi connectivity index (χ2n) is 7.70. The predicted molar refractivity (Wildman–Crippen MR) is 110 cm³/mol. The van der Waals surface area contributed by atoms with Gasteiger partial charge in [0, 0.05) is 25.3 Å². The molecule has 5 nitrogen and oxygen atoms in total. The zero-order valence-corrected chi connectivity index (χ0v) is 17.3. The van der Waals surface area contributed by atoms with Crippen LogP contribution in [0.15, 0.2) is 30.3 Å². The Balaban J connectivity index is 2.02. The summed E-state index contributed by atoms with van der Waals surface area (Å²) in [5.74, 6) is 0.314. The Kier molecular flexibility index (Phi) is 6.22. The summed E-state index contributed by atoms with van der Waals surface area (Å²) in [4.78, 5) is 28.0. The first-order valence-electron chi connectivity index (χ1n) is 10.1. The highest BCUT2D eigenvalue weighted by Crippen LogP contribution is 2.27. The highest BCUT2D eigenvalue weighted by molar-refractivity contribution is 6.01. The topological polar surface area (TPSA) is 51.5 Å². The van der Waals surface area contributed by atoms with Gasteiger partial charge in [-0.05, 0) is 50.7 Å². The van der Waals surface area contributed by atoms with Crippen LogP contribution in [0.5, 0.6) is 0 Å². The van der Waals surface area contributed by atoms with Gasteiger partial charge in [0.05, 0.1) is 12.2 Å². The van der Waals surface area contributed by atoms with Crippen LogP contribution in [0, 0.1) is 19.8 Å². The average Bonchev–Trinajstić information content (AvgIpc) is 2.93. The van der Waals surface area contributed by atoms with Gasteiger partial charge >= 0.3 is 5.97 Å². The lowest BCUT2D eigenvalue weighted by atomic mass is 9.98. The summed E-state index contributed by atoms with van der Waals surface area (Å²) in [6.07, 6.45) is 2.05. The van der Waals surface area contributed by atoms with Crippen molar-refractivity contribution in [2.24, 2.45) is 5.92 Å². The van der Waals surface area contributed by atoms with Crippen LogP contribution in [0.2, 0.25) is 0 Å². The van der Waals surface area contributed by atoms with Crippen molar-refractivity contribution in [3.8, 4) is 0 Å². The van der Waals surface area contributed by atoms with Gasteiger partial charge in [-0.1, -0.05) is 37.3 Å². The minimum absolute atomic E-state index is 0.0271. The molecule has 0 N–H and O–H groups in total. The Hall–Kier alpha value is -2.56. The number of rotatable bonds is 5. The summed E-state index contributed by atoms with van der Waals surface area (Å²) in [6, 6.07) is 9.97. The van der Waals surface area contributed by atoms with Gasteiger partial charge in [0.15, 0.2) is 0 Å². The first kappa shape index (κ1) is 20.2. The van der Waals surface area contributed by atoms with E-state index < -0.39 is 0 Å². The van der Waals surface area contributed by atoms with E-state index in [0.29, 0.717) is 30.3 Å². The molecule has 2 heterocycles. The molecule has 0 radical (unpaired) electrons. The monoisotopic (exact) mass is 382 g/mol. The van der Waals surface area contributed by atoms with Gasteiger partial charge in [-0.25, -0.2) is 4.79 Å². The summed E-state index contributed by atoms with van der Waals surface area (Å²) >= 11 is 0. The maximum Gasteiger partial charge on any atom is 0.355 e. The van der Waals surface area contributed by atoms with E-state index in [4.69, 9.17) is 4.74 Å². The largest absolute Gasteiger partial charge is 0.461 e. The first-order valence-corrected chi connectivity index (χ1v) is 10.1. The molecule has 1 aromatic carbocycles. The number of carbonyl (C=O) groups is 2. The molecule has 0 spiro atoms. The maximum absolute atomic E-state index is 13.3. The lowest BCUT2D eigenvalue weighted by molar-refractivity contribution is 0.0513. The molecule has 1 amide bonds. The molecule has 0 saturated carbocycles. The molecule has 0 atom stereocenters. The van der Waals surface area contributed by atoms with E-state index in [1.165, 1.54) is 0 Å². The minimum atomic E-state index is -0.370. The zero-order chi connectivity index (χ0) is 20.3. The molecule has 2 aromatic rings. The first-order chi connectivity index (χ1) is 13.4. The highest BCUT2D eigenvalue weighted by Gasteiger charge is 2.30. The molecule has 1 aliphatic rings. The number of hydrogen-bond donors (Lipinski definition) is 0. The number of likely N-dealkylation sites (tertiary alicyclic amines) is 1. The van der Waals surface area contributed by atoms with E-state index in [-0.39, 0.29) is 11.9 Å². The molecule has 28 heavy (non-hydrogen) atoms. The SMILES string of the molecule is CCOC(=O)c1c(C)c(C(=O)N2CCC(C)CC2)c(C)n1Cc1ccccc1.